The van der Waals surface area contributed by atoms with E-state index in [0.717, 1.165) is 16.5 Å². The minimum atomic E-state index is -0.366. The van der Waals surface area contributed by atoms with Gasteiger partial charge in [0.1, 0.15) is 18.0 Å². The summed E-state index contributed by atoms with van der Waals surface area (Å²) in [5.74, 6) is 0.553. The number of halogens is 1. The predicted molar refractivity (Wildman–Crippen MR) is 71.7 cm³/mol. The van der Waals surface area contributed by atoms with Crippen molar-refractivity contribution in [2.75, 3.05) is 0 Å². The largest absolute Gasteiger partial charge is 0.483 e. The Bertz CT molecular complexity index is 716. The summed E-state index contributed by atoms with van der Waals surface area (Å²) in [6, 6.07) is 14.3. The van der Waals surface area contributed by atoms with Crippen LogP contribution in [0.1, 0.15) is 11.3 Å². The van der Waals surface area contributed by atoms with Gasteiger partial charge < -0.3 is 9.15 Å². The first-order chi connectivity index (χ1) is 9.22. The van der Waals surface area contributed by atoms with Gasteiger partial charge in [-0.05, 0) is 36.8 Å². The molecule has 19 heavy (non-hydrogen) atoms. The summed E-state index contributed by atoms with van der Waals surface area (Å²) in [6.45, 7) is 2.23. The van der Waals surface area contributed by atoms with Gasteiger partial charge in [-0.3, -0.25) is 0 Å². The van der Waals surface area contributed by atoms with Gasteiger partial charge in [0.25, 0.3) is 0 Å². The van der Waals surface area contributed by atoms with Crippen molar-refractivity contribution in [2.45, 2.75) is 13.5 Å². The van der Waals surface area contributed by atoms with Crippen LogP contribution < -0.4 is 4.74 Å². The van der Waals surface area contributed by atoms with E-state index >= 15 is 0 Å². The third kappa shape index (κ3) is 2.45. The summed E-state index contributed by atoms with van der Waals surface area (Å²) in [5, 5.41) is 1.03. The van der Waals surface area contributed by atoms with E-state index in [-0.39, 0.29) is 18.2 Å². The van der Waals surface area contributed by atoms with Gasteiger partial charge in [-0.15, -0.1) is 0 Å². The summed E-state index contributed by atoms with van der Waals surface area (Å²) in [7, 11) is 0. The van der Waals surface area contributed by atoms with Gasteiger partial charge in [0.15, 0.2) is 11.6 Å². The van der Waals surface area contributed by atoms with Crippen LogP contribution in [0, 0.1) is 12.7 Å². The Morgan fingerprint density at radius 1 is 1.11 bits per heavy atom. The Morgan fingerprint density at radius 2 is 1.95 bits per heavy atom. The highest BCUT2D eigenvalue weighted by molar-refractivity contribution is 5.78. The molecule has 0 aliphatic heterocycles. The molecule has 0 spiro atoms. The van der Waals surface area contributed by atoms with Crippen LogP contribution in [0.2, 0.25) is 0 Å². The van der Waals surface area contributed by atoms with Gasteiger partial charge in [-0.25, -0.2) is 4.39 Å². The predicted octanol–water partition coefficient (Wildman–Crippen LogP) is 4.46. The molecule has 0 bridgehead atoms. The molecular formula is C16H13FO2. The molecule has 0 atom stereocenters. The van der Waals surface area contributed by atoms with Crippen molar-refractivity contribution in [1.29, 1.82) is 0 Å². The Kier molecular flexibility index (Phi) is 2.95. The van der Waals surface area contributed by atoms with Crippen LogP contribution in [0.4, 0.5) is 4.39 Å². The summed E-state index contributed by atoms with van der Waals surface area (Å²) < 4.78 is 24.5. The molecule has 0 saturated heterocycles. The normalized spacial score (nSPS) is 10.8. The average molecular weight is 256 g/mol. The van der Waals surface area contributed by atoms with Crippen LogP contribution in [-0.4, -0.2) is 0 Å². The Labute approximate surface area is 110 Å². The van der Waals surface area contributed by atoms with E-state index < -0.39 is 0 Å². The molecular weight excluding hydrogens is 243 g/mol. The Morgan fingerprint density at radius 3 is 2.79 bits per heavy atom. The van der Waals surface area contributed by atoms with E-state index in [1.165, 1.54) is 6.07 Å². The first-order valence-electron chi connectivity index (χ1n) is 6.09. The van der Waals surface area contributed by atoms with Crippen LogP contribution in [0.25, 0.3) is 11.0 Å². The van der Waals surface area contributed by atoms with Gasteiger partial charge >= 0.3 is 0 Å². The van der Waals surface area contributed by atoms with Gasteiger partial charge in [-0.2, -0.15) is 0 Å². The number of aryl methyl sites for hydroxylation is 1. The maximum absolute atomic E-state index is 13.4. The quantitative estimate of drug-likeness (QED) is 0.690. The highest BCUT2D eigenvalue weighted by atomic mass is 19.1. The molecule has 0 saturated carbocycles. The van der Waals surface area contributed by atoms with Crippen LogP contribution in [0.15, 0.2) is 52.9 Å². The summed E-state index contributed by atoms with van der Waals surface area (Å²) >= 11 is 0. The molecule has 1 heterocycles. The first-order valence-corrected chi connectivity index (χ1v) is 6.09. The molecule has 0 aliphatic carbocycles. The van der Waals surface area contributed by atoms with E-state index in [0.29, 0.717) is 5.76 Å². The highest BCUT2D eigenvalue weighted by Gasteiger charge is 2.06. The number of rotatable bonds is 3. The molecule has 3 rings (SSSR count). The SMILES string of the molecule is Cc1ccc2cc(COc3ccccc3F)oc2c1. The molecule has 0 amide bonds. The molecule has 0 unspecified atom stereocenters. The average Bonchev–Trinajstić information content (AvgIpc) is 2.79. The number of ether oxygens (including phenoxy) is 1. The highest BCUT2D eigenvalue weighted by Crippen LogP contribution is 2.23. The lowest BCUT2D eigenvalue weighted by Crippen LogP contribution is -1.95. The smallest absolute Gasteiger partial charge is 0.165 e. The lowest BCUT2D eigenvalue weighted by atomic mass is 10.2. The monoisotopic (exact) mass is 256 g/mol. The zero-order valence-electron chi connectivity index (χ0n) is 10.5. The third-order valence-corrected chi connectivity index (χ3v) is 2.93. The zero-order chi connectivity index (χ0) is 13.2. The van der Waals surface area contributed by atoms with Gasteiger partial charge in [-0.1, -0.05) is 24.3 Å². The summed E-state index contributed by atoms with van der Waals surface area (Å²) in [5.41, 5.74) is 1.97. The van der Waals surface area contributed by atoms with E-state index in [1.54, 1.807) is 18.2 Å². The second-order valence-corrected chi connectivity index (χ2v) is 4.47. The van der Waals surface area contributed by atoms with Crippen LogP contribution in [-0.2, 0) is 6.61 Å². The molecule has 0 aliphatic rings. The van der Waals surface area contributed by atoms with Gasteiger partial charge in [0.2, 0.25) is 0 Å². The standard InChI is InChI=1S/C16H13FO2/c1-11-6-7-12-9-13(19-16(12)8-11)10-18-15-5-3-2-4-14(15)17/h2-9H,10H2,1H3. The minimum absolute atomic E-state index is 0.217. The van der Waals surface area contributed by atoms with Crippen LogP contribution in [0.3, 0.4) is 0 Å². The number of fused-ring (bicyclic) bond motifs is 1. The molecule has 3 heteroatoms. The number of hydrogen-bond donors (Lipinski definition) is 0. The van der Waals surface area contributed by atoms with E-state index in [4.69, 9.17) is 9.15 Å². The van der Waals surface area contributed by atoms with Crippen LogP contribution >= 0.6 is 0 Å². The fraction of sp³-hybridized carbons (Fsp3) is 0.125. The molecule has 96 valence electrons. The molecule has 3 aromatic rings. The van der Waals surface area contributed by atoms with E-state index in [1.807, 2.05) is 31.2 Å². The van der Waals surface area contributed by atoms with Crippen molar-refractivity contribution in [1.82, 2.24) is 0 Å². The second kappa shape index (κ2) is 4.76. The molecule has 1 aromatic heterocycles. The maximum Gasteiger partial charge on any atom is 0.165 e. The fourth-order valence-electron chi connectivity index (χ4n) is 1.98. The summed E-state index contributed by atoms with van der Waals surface area (Å²) in [4.78, 5) is 0. The van der Waals surface area contributed by atoms with Crippen molar-refractivity contribution in [3.05, 3.63) is 65.7 Å². The number of benzene rings is 2. The minimum Gasteiger partial charge on any atom is -0.483 e. The molecule has 2 aromatic carbocycles. The Hall–Kier alpha value is -2.29. The van der Waals surface area contributed by atoms with Gasteiger partial charge in [0, 0.05) is 5.39 Å². The third-order valence-electron chi connectivity index (χ3n) is 2.93. The number of para-hydroxylation sites is 1. The van der Waals surface area contributed by atoms with Crippen molar-refractivity contribution in [3.8, 4) is 5.75 Å². The molecule has 0 N–H and O–H groups in total. The lowest BCUT2D eigenvalue weighted by molar-refractivity contribution is 0.262. The van der Waals surface area contributed by atoms with E-state index in [9.17, 15) is 4.39 Å². The summed E-state index contributed by atoms with van der Waals surface area (Å²) in [6.07, 6.45) is 0. The first kappa shape index (κ1) is 11.8. The zero-order valence-corrected chi connectivity index (χ0v) is 10.5. The maximum atomic E-state index is 13.4. The molecule has 2 nitrogen and oxygen atoms in total. The van der Waals surface area contributed by atoms with Crippen molar-refractivity contribution in [3.63, 3.8) is 0 Å². The second-order valence-electron chi connectivity index (χ2n) is 4.47. The number of hydrogen-bond acceptors (Lipinski definition) is 2. The molecule has 0 radical (unpaired) electrons. The van der Waals surface area contributed by atoms with Gasteiger partial charge in [0.05, 0.1) is 0 Å². The van der Waals surface area contributed by atoms with Crippen molar-refractivity contribution >= 4 is 11.0 Å². The Balaban J connectivity index is 1.80. The van der Waals surface area contributed by atoms with Crippen molar-refractivity contribution in [2.24, 2.45) is 0 Å². The topological polar surface area (TPSA) is 22.4 Å². The lowest BCUT2D eigenvalue weighted by Gasteiger charge is -2.04. The van der Waals surface area contributed by atoms with Crippen molar-refractivity contribution < 1.29 is 13.5 Å². The molecule has 0 fully saturated rings. The number of furan rings is 1. The van der Waals surface area contributed by atoms with Crippen LogP contribution in [0.5, 0.6) is 5.75 Å². The fourth-order valence-corrected chi connectivity index (χ4v) is 1.98. The van der Waals surface area contributed by atoms with E-state index in [2.05, 4.69) is 0 Å².